The summed E-state index contributed by atoms with van der Waals surface area (Å²) < 4.78 is 17.0. The molecule has 0 spiro atoms. The molecule has 0 unspecified atom stereocenters. The van der Waals surface area contributed by atoms with Crippen LogP contribution in [-0.4, -0.2) is 51.9 Å². The summed E-state index contributed by atoms with van der Waals surface area (Å²) in [6.45, 7) is 13.4. The second kappa shape index (κ2) is 9.71. The Hall–Kier alpha value is -3.90. The number of ether oxygens (including phenoxy) is 2. The second-order valence-electron chi connectivity index (χ2n) is 7.97. The van der Waals surface area contributed by atoms with Crippen LogP contribution in [0.5, 0.6) is 11.5 Å². The molecule has 0 radical (unpaired) electrons. The molecule has 0 saturated carbocycles. The van der Waals surface area contributed by atoms with Crippen LogP contribution in [0.4, 0.5) is 5.69 Å². The molecule has 9 nitrogen and oxygen atoms in total. The fraction of sp³-hybridized carbons (Fsp3) is 0.333. The zero-order valence-electron chi connectivity index (χ0n) is 18.4. The lowest BCUT2D eigenvalue weighted by Crippen LogP contribution is -2.28. The van der Waals surface area contributed by atoms with Gasteiger partial charge in [0.1, 0.15) is 18.1 Å². The van der Waals surface area contributed by atoms with E-state index in [9.17, 15) is 4.79 Å². The highest BCUT2D eigenvalue weighted by atomic mass is 16.5. The van der Waals surface area contributed by atoms with Crippen molar-refractivity contribution in [2.45, 2.75) is 32.9 Å². The molecule has 9 heteroatoms. The molecular weight excluding hydrogens is 424 g/mol. The summed E-state index contributed by atoms with van der Waals surface area (Å²) in [6, 6.07) is 10.9. The number of aromatic nitrogens is 2. The van der Waals surface area contributed by atoms with E-state index in [4.69, 9.17) is 25.7 Å². The molecule has 0 bridgehead atoms. The van der Waals surface area contributed by atoms with Crippen LogP contribution in [0.15, 0.2) is 40.9 Å². The Morgan fingerprint density at radius 3 is 2.85 bits per heavy atom. The van der Waals surface area contributed by atoms with Crippen LogP contribution < -0.4 is 9.47 Å². The molecule has 0 saturated heterocycles. The largest absolute Gasteiger partial charge is 0.502 e. The molecule has 33 heavy (non-hydrogen) atoms. The average molecular weight is 448 g/mol. The van der Waals surface area contributed by atoms with Gasteiger partial charge in [-0.25, -0.2) is 4.85 Å². The van der Waals surface area contributed by atoms with Crippen molar-refractivity contribution in [3.63, 3.8) is 0 Å². The Balaban J connectivity index is 1.57. The van der Waals surface area contributed by atoms with E-state index >= 15 is 0 Å². The smallest absolute Gasteiger partial charge is 0.304 e. The molecule has 1 aliphatic heterocycles. The highest BCUT2D eigenvalue weighted by Crippen LogP contribution is 2.34. The Labute approximate surface area is 191 Å². The van der Waals surface area contributed by atoms with Gasteiger partial charge in [0.25, 0.3) is 5.89 Å². The van der Waals surface area contributed by atoms with Gasteiger partial charge in [0, 0.05) is 36.3 Å². The molecule has 1 aliphatic rings. The van der Waals surface area contributed by atoms with Crippen LogP contribution >= 0.6 is 0 Å². The maximum atomic E-state index is 10.9. The van der Waals surface area contributed by atoms with Gasteiger partial charge in [-0.2, -0.15) is 4.98 Å². The Morgan fingerprint density at radius 1 is 1.27 bits per heavy atom. The third-order valence-corrected chi connectivity index (χ3v) is 5.13. The lowest BCUT2D eigenvalue weighted by molar-refractivity contribution is -0.137. The number of aliphatic carboxylic acids is 1. The molecule has 2 heterocycles. The number of hydrogen-bond donors (Lipinski definition) is 1. The van der Waals surface area contributed by atoms with E-state index < -0.39 is 5.97 Å². The maximum Gasteiger partial charge on any atom is 0.304 e. The van der Waals surface area contributed by atoms with E-state index in [0.29, 0.717) is 55.0 Å². The summed E-state index contributed by atoms with van der Waals surface area (Å²) in [4.78, 5) is 21.0. The van der Waals surface area contributed by atoms with Crippen LogP contribution in [0, 0.1) is 6.57 Å². The van der Waals surface area contributed by atoms with Gasteiger partial charge >= 0.3 is 5.97 Å². The monoisotopic (exact) mass is 448 g/mol. The molecule has 0 atom stereocenters. The van der Waals surface area contributed by atoms with Gasteiger partial charge in [-0.3, -0.25) is 9.69 Å². The van der Waals surface area contributed by atoms with Crippen molar-refractivity contribution in [3.05, 3.63) is 53.4 Å². The second-order valence-corrected chi connectivity index (χ2v) is 7.97. The van der Waals surface area contributed by atoms with Crippen molar-refractivity contribution in [1.82, 2.24) is 15.0 Å². The van der Waals surface area contributed by atoms with Crippen molar-refractivity contribution >= 4 is 11.7 Å². The van der Waals surface area contributed by atoms with Crippen LogP contribution in [0.1, 0.15) is 25.8 Å². The molecule has 1 N–H and O–H groups in total. The number of carbonyl (C=O) groups is 1. The van der Waals surface area contributed by atoms with Crippen LogP contribution in [0.25, 0.3) is 27.7 Å². The number of nitrogens with zero attached hydrogens (tertiary/aromatic N) is 4. The van der Waals surface area contributed by atoms with Gasteiger partial charge in [-0.15, -0.1) is 0 Å². The summed E-state index contributed by atoms with van der Waals surface area (Å²) >= 11 is 0. The van der Waals surface area contributed by atoms with Gasteiger partial charge < -0.3 is 19.1 Å². The quantitative estimate of drug-likeness (QED) is 0.530. The minimum atomic E-state index is -0.821. The first-order valence-electron chi connectivity index (χ1n) is 10.7. The Bertz CT molecular complexity index is 1200. The van der Waals surface area contributed by atoms with Gasteiger partial charge in [-0.05, 0) is 50.2 Å². The van der Waals surface area contributed by atoms with Gasteiger partial charge in [0.2, 0.25) is 11.5 Å². The lowest BCUT2D eigenvalue weighted by Gasteiger charge is -2.18. The minimum absolute atomic E-state index is 0.0383. The molecule has 0 fully saturated rings. The SMILES string of the molecule is [C-]#[N+]c1cc(-c2nc(-c3ccc4c(c3)CN(CCC(=O)O)CCO4)no2)ccc1OC(C)C. The van der Waals surface area contributed by atoms with Crippen molar-refractivity contribution in [1.29, 1.82) is 0 Å². The molecule has 0 aliphatic carbocycles. The Morgan fingerprint density at radius 2 is 2.09 bits per heavy atom. The molecule has 4 rings (SSSR count). The molecule has 3 aromatic rings. The number of fused-ring (bicyclic) bond motifs is 1. The molecule has 170 valence electrons. The first-order chi connectivity index (χ1) is 15.9. The first kappa shape index (κ1) is 22.3. The third-order valence-electron chi connectivity index (χ3n) is 5.13. The zero-order valence-corrected chi connectivity index (χ0v) is 18.4. The highest BCUT2D eigenvalue weighted by molar-refractivity contribution is 5.69. The fourth-order valence-electron chi connectivity index (χ4n) is 3.58. The summed E-state index contributed by atoms with van der Waals surface area (Å²) in [5.41, 5.74) is 2.71. The average Bonchev–Trinajstić information content (AvgIpc) is 3.19. The maximum absolute atomic E-state index is 10.9. The van der Waals surface area contributed by atoms with Crippen molar-refractivity contribution < 1.29 is 23.9 Å². The van der Waals surface area contributed by atoms with Crippen LogP contribution in [0.2, 0.25) is 0 Å². The molecule has 0 amide bonds. The van der Waals surface area contributed by atoms with E-state index in [0.717, 1.165) is 16.9 Å². The Kier molecular flexibility index (Phi) is 6.56. The van der Waals surface area contributed by atoms with E-state index in [2.05, 4.69) is 19.9 Å². The van der Waals surface area contributed by atoms with Gasteiger partial charge in [0.15, 0.2) is 0 Å². The lowest BCUT2D eigenvalue weighted by atomic mass is 10.1. The van der Waals surface area contributed by atoms with E-state index in [1.165, 1.54) is 0 Å². The van der Waals surface area contributed by atoms with Gasteiger partial charge in [-0.1, -0.05) is 5.16 Å². The summed E-state index contributed by atoms with van der Waals surface area (Å²) in [7, 11) is 0. The summed E-state index contributed by atoms with van der Waals surface area (Å²) in [6.07, 6.45) is 0.0418. The predicted octanol–water partition coefficient (Wildman–Crippen LogP) is 4.41. The number of carboxylic acid groups (broad SMARTS) is 1. The van der Waals surface area contributed by atoms with E-state index in [1.807, 2.05) is 32.0 Å². The fourth-order valence-corrected chi connectivity index (χ4v) is 3.58. The van der Waals surface area contributed by atoms with Crippen LogP contribution in [-0.2, 0) is 11.3 Å². The minimum Gasteiger partial charge on any atom is -0.502 e. The number of carboxylic acids is 1. The molecule has 2 aromatic carbocycles. The van der Waals surface area contributed by atoms with Crippen molar-refractivity contribution in [2.75, 3.05) is 19.7 Å². The standard InChI is InChI=1S/C24H24N4O5/c1-15(2)32-21-7-5-17(13-19(21)25-3)24-26-23(27-33-24)16-4-6-20-18(12-16)14-28(10-11-31-20)9-8-22(29)30/h4-7,12-13,15H,8-11,14H2,1-2H3,(H,29,30). The predicted molar refractivity (Wildman–Crippen MR) is 120 cm³/mol. The number of rotatable bonds is 7. The zero-order chi connectivity index (χ0) is 23.4. The molecular formula is C24H24N4O5. The molecule has 1 aromatic heterocycles. The van der Waals surface area contributed by atoms with Gasteiger partial charge in [0.05, 0.1) is 19.1 Å². The van der Waals surface area contributed by atoms with E-state index in [-0.39, 0.29) is 12.5 Å². The number of benzene rings is 2. The highest BCUT2D eigenvalue weighted by Gasteiger charge is 2.19. The van der Waals surface area contributed by atoms with Crippen molar-refractivity contribution in [2.24, 2.45) is 0 Å². The topological polar surface area (TPSA) is 102 Å². The summed E-state index contributed by atoms with van der Waals surface area (Å²) in [5, 5.41) is 13.1. The third kappa shape index (κ3) is 5.30. The van der Waals surface area contributed by atoms with Crippen molar-refractivity contribution in [3.8, 4) is 34.3 Å². The van der Waals surface area contributed by atoms with E-state index in [1.54, 1.807) is 18.2 Å². The van der Waals surface area contributed by atoms with Crippen LogP contribution in [0.3, 0.4) is 0 Å². The first-order valence-corrected chi connectivity index (χ1v) is 10.7. The number of hydrogen-bond acceptors (Lipinski definition) is 7. The summed E-state index contributed by atoms with van der Waals surface area (Å²) in [5.74, 6) is 1.18. The normalized spacial score (nSPS) is 13.6.